The van der Waals surface area contributed by atoms with Crippen LogP contribution in [-0.4, -0.2) is 34.0 Å². The van der Waals surface area contributed by atoms with Gasteiger partial charge in [0.15, 0.2) is 0 Å². The Morgan fingerprint density at radius 1 is 1.19 bits per heavy atom. The third kappa shape index (κ3) is 3.60. The van der Waals surface area contributed by atoms with E-state index in [9.17, 15) is 10.1 Å². The minimum Gasteiger partial charge on any atom is -0.339 e. The molecule has 1 aliphatic rings. The van der Waals surface area contributed by atoms with Gasteiger partial charge in [-0.05, 0) is 67.2 Å². The number of nitro benzene ring substituents is 1. The van der Waals surface area contributed by atoms with Crippen molar-refractivity contribution in [1.29, 1.82) is 0 Å². The highest BCUT2D eigenvalue weighted by Crippen LogP contribution is 2.34. The van der Waals surface area contributed by atoms with Gasteiger partial charge in [0.05, 0.1) is 10.6 Å². The Kier molecular flexibility index (Phi) is 5.19. The largest absolute Gasteiger partial charge is 0.339 e. The molecule has 1 aliphatic heterocycles. The van der Waals surface area contributed by atoms with Crippen LogP contribution in [0.1, 0.15) is 19.3 Å². The van der Waals surface area contributed by atoms with Gasteiger partial charge in [0.2, 0.25) is 0 Å². The van der Waals surface area contributed by atoms with Gasteiger partial charge in [-0.25, -0.2) is 0 Å². The monoisotopic (exact) mass is 475 g/mol. The first-order valence-electron chi connectivity index (χ1n) is 9.27. The van der Waals surface area contributed by atoms with Gasteiger partial charge in [-0.3, -0.25) is 10.1 Å². The second kappa shape index (κ2) is 7.59. The van der Waals surface area contributed by atoms with E-state index in [1.165, 1.54) is 30.2 Å². The molecule has 0 N–H and O–H groups in total. The van der Waals surface area contributed by atoms with Crippen molar-refractivity contribution >= 4 is 39.2 Å². The Morgan fingerprint density at radius 2 is 2.00 bits per heavy atom. The van der Waals surface area contributed by atoms with Gasteiger partial charge < -0.3 is 9.47 Å². The predicted molar refractivity (Wildman–Crippen MR) is 117 cm³/mol. The molecule has 0 bridgehead atoms. The number of likely N-dealkylation sites (tertiary alicyclic amines) is 1. The first-order valence-corrected chi connectivity index (χ1v) is 10.4. The van der Waals surface area contributed by atoms with Crippen molar-refractivity contribution in [3.05, 3.63) is 62.2 Å². The van der Waals surface area contributed by atoms with E-state index in [-0.39, 0.29) is 10.6 Å². The second-order valence-corrected chi connectivity index (χ2v) is 8.41. The van der Waals surface area contributed by atoms with E-state index in [1.54, 1.807) is 12.1 Å². The summed E-state index contributed by atoms with van der Waals surface area (Å²) in [4.78, 5) is 13.4. The quantitative estimate of drug-likeness (QED) is 0.292. The average Bonchev–Trinajstić information content (AvgIpc) is 3.02. The third-order valence-corrected chi connectivity index (χ3v) is 6.50. The van der Waals surface area contributed by atoms with Crippen LogP contribution in [0, 0.1) is 13.7 Å². The number of nitrogens with zero attached hydrogens (tertiary/aromatic N) is 3. The molecule has 0 saturated carbocycles. The molecule has 1 aromatic heterocycles. The van der Waals surface area contributed by atoms with Crippen molar-refractivity contribution in [2.75, 3.05) is 13.6 Å². The summed E-state index contributed by atoms with van der Waals surface area (Å²) in [7, 11) is 2.20. The van der Waals surface area contributed by atoms with E-state index in [1.807, 2.05) is 12.1 Å². The molecule has 140 valence electrons. The summed E-state index contributed by atoms with van der Waals surface area (Å²) < 4.78 is 3.38. The van der Waals surface area contributed by atoms with E-state index in [0.717, 1.165) is 27.9 Å². The van der Waals surface area contributed by atoms with Crippen LogP contribution in [0.3, 0.4) is 0 Å². The molecular weight excluding hydrogens is 453 g/mol. The first-order chi connectivity index (χ1) is 13.0. The highest BCUT2D eigenvalue weighted by atomic mass is 127. The third-order valence-electron chi connectivity index (χ3n) is 5.56. The Morgan fingerprint density at radius 3 is 2.78 bits per heavy atom. The van der Waals surface area contributed by atoms with Gasteiger partial charge in [-0.2, -0.15) is 0 Å². The minimum absolute atomic E-state index is 0.136. The molecule has 2 heterocycles. The van der Waals surface area contributed by atoms with Crippen LogP contribution in [0.25, 0.3) is 22.2 Å². The van der Waals surface area contributed by atoms with Crippen molar-refractivity contribution in [2.24, 2.45) is 0 Å². The predicted octanol–water partition coefficient (Wildman–Crippen LogP) is 5.31. The van der Waals surface area contributed by atoms with Crippen LogP contribution in [0.5, 0.6) is 0 Å². The number of rotatable bonds is 4. The van der Waals surface area contributed by atoms with Crippen molar-refractivity contribution in [3.8, 4) is 11.3 Å². The Balaban J connectivity index is 1.86. The molecule has 1 atom stereocenters. The molecule has 0 amide bonds. The number of hydrogen-bond donors (Lipinski definition) is 0. The number of piperidine rings is 1. The Bertz CT molecular complexity index is 998. The van der Waals surface area contributed by atoms with Crippen LogP contribution >= 0.6 is 22.6 Å². The molecule has 1 unspecified atom stereocenters. The van der Waals surface area contributed by atoms with Gasteiger partial charge >= 0.3 is 0 Å². The summed E-state index contributed by atoms with van der Waals surface area (Å²) in [5, 5.41) is 12.5. The fourth-order valence-electron chi connectivity index (χ4n) is 4.04. The topological polar surface area (TPSA) is 51.3 Å². The zero-order valence-electron chi connectivity index (χ0n) is 15.3. The standard InChI is InChI=1S/C21H22IN3O2/c1-23-11-5-4-7-17(23)14-24-20-8-3-2-6-15(20)12-21(24)18-13-16(25(26)27)9-10-19(18)22/h2-3,6,8-10,12-13,17H,4-5,7,11,14H2,1H3. The molecule has 0 spiro atoms. The van der Waals surface area contributed by atoms with Gasteiger partial charge in [0, 0.05) is 44.8 Å². The molecule has 5 nitrogen and oxygen atoms in total. The SMILES string of the molecule is CN1CCCCC1Cn1c(-c2cc([N+](=O)[O-])ccc2I)cc2ccccc21. The molecule has 1 fully saturated rings. The van der Waals surface area contributed by atoms with Crippen LogP contribution in [-0.2, 0) is 6.54 Å². The summed E-state index contributed by atoms with van der Waals surface area (Å²) in [5.74, 6) is 0. The van der Waals surface area contributed by atoms with Gasteiger partial charge in [-0.15, -0.1) is 0 Å². The van der Waals surface area contributed by atoms with E-state index in [2.05, 4.69) is 63.4 Å². The fourth-order valence-corrected chi connectivity index (χ4v) is 4.65. The first kappa shape index (κ1) is 18.4. The lowest BCUT2D eigenvalue weighted by molar-refractivity contribution is -0.384. The average molecular weight is 475 g/mol. The van der Waals surface area contributed by atoms with E-state index >= 15 is 0 Å². The van der Waals surface area contributed by atoms with Gasteiger partial charge in [-0.1, -0.05) is 24.6 Å². The summed E-state index contributed by atoms with van der Waals surface area (Å²) >= 11 is 2.27. The molecule has 4 rings (SSSR count). The van der Waals surface area contributed by atoms with E-state index in [0.29, 0.717) is 6.04 Å². The highest BCUT2D eigenvalue weighted by molar-refractivity contribution is 14.1. The number of fused-ring (bicyclic) bond motifs is 1. The lowest BCUT2D eigenvalue weighted by Gasteiger charge is -2.33. The maximum absolute atomic E-state index is 11.3. The second-order valence-electron chi connectivity index (χ2n) is 7.25. The lowest BCUT2D eigenvalue weighted by Crippen LogP contribution is -2.39. The fraction of sp³-hybridized carbons (Fsp3) is 0.333. The Labute approximate surface area is 172 Å². The molecule has 0 radical (unpaired) electrons. The molecule has 2 aromatic carbocycles. The molecule has 3 aromatic rings. The lowest BCUT2D eigenvalue weighted by atomic mass is 10.0. The number of likely N-dealkylation sites (N-methyl/N-ethyl adjacent to an activating group) is 1. The molecule has 0 aliphatic carbocycles. The highest BCUT2D eigenvalue weighted by Gasteiger charge is 2.23. The van der Waals surface area contributed by atoms with Gasteiger partial charge in [0.1, 0.15) is 0 Å². The summed E-state index contributed by atoms with van der Waals surface area (Å²) in [6, 6.07) is 16.1. The molecule has 27 heavy (non-hydrogen) atoms. The number of halogens is 1. The summed E-state index contributed by atoms with van der Waals surface area (Å²) in [5.41, 5.74) is 3.31. The van der Waals surface area contributed by atoms with Gasteiger partial charge in [0.25, 0.3) is 5.69 Å². The number of aromatic nitrogens is 1. The van der Waals surface area contributed by atoms with Crippen LogP contribution in [0.4, 0.5) is 5.69 Å². The van der Waals surface area contributed by atoms with Crippen molar-refractivity contribution < 1.29 is 4.92 Å². The smallest absolute Gasteiger partial charge is 0.270 e. The van der Waals surface area contributed by atoms with Crippen molar-refractivity contribution in [1.82, 2.24) is 9.47 Å². The minimum atomic E-state index is -0.318. The molecule has 6 heteroatoms. The van der Waals surface area contributed by atoms with Crippen LogP contribution in [0.2, 0.25) is 0 Å². The Hall–Kier alpha value is -1.93. The molecule has 1 saturated heterocycles. The maximum Gasteiger partial charge on any atom is 0.270 e. The van der Waals surface area contributed by atoms with Crippen molar-refractivity contribution in [3.63, 3.8) is 0 Å². The van der Waals surface area contributed by atoms with E-state index in [4.69, 9.17) is 0 Å². The van der Waals surface area contributed by atoms with Crippen molar-refractivity contribution in [2.45, 2.75) is 31.8 Å². The number of para-hydroxylation sites is 1. The summed E-state index contributed by atoms with van der Waals surface area (Å²) in [6.45, 7) is 2.03. The normalized spacial score (nSPS) is 18.1. The number of non-ortho nitro benzene ring substituents is 1. The molecular formula is C21H22IN3O2. The number of nitro groups is 1. The number of benzene rings is 2. The summed E-state index contributed by atoms with van der Waals surface area (Å²) in [6.07, 6.45) is 3.71. The zero-order chi connectivity index (χ0) is 19.0. The van der Waals surface area contributed by atoms with E-state index < -0.39 is 0 Å². The maximum atomic E-state index is 11.3. The number of hydrogen-bond acceptors (Lipinski definition) is 3. The van der Waals surface area contributed by atoms with Crippen LogP contribution < -0.4 is 0 Å². The van der Waals surface area contributed by atoms with Crippen LogP contribution in [0.15, 0.2) is 48.5 Å². The zero-order valence-corrected chi connectivity index (χ0v) is 17.4.